The van der Waals surface area contributed by atoms with Crippen molar-refractivity contribution in [3.05, 3.63) is 106 Å². The molecule has 0 bridgehead atoms. The van der Waals surface area contributed by atoms with Gasteiger partial charge in [0.15, 0.2) is 0 Å². The molecule has 5 heteroatoms. The Hall–Kier alpha value is -3.70. The van der Waals surface area contributed by atoms with Gasteiger partial charge in [0, 0.05) is 32.0 Å². The third kappa shape index (κ3) is 6.62. The van der Waals surface area contributed by atoms with Gasteiger partial charge in [0.25, 0.3) is 0 Å². The highest BCUT2D eigenvalue weighted by Crippen LogP contribution is 2.43. The van der Waals surface area contributed by atoms with Crippen LogP contribution in [0, 0.1) is 19.7 Å². The Morgan fingerprint density at radius 3 is 2.58 bits per heavy atom. The fraction of sp³-hybridized carbons (Fsp3) is 0.395. The molecule has 1 saturated heterocycles. The maximum Gasteiger partial charge on any atom is 0.149 e. The molecule has 3 aromatic rings. The number of aryl methyl sites for hydroxylation is 1. The van der Waals surface area contributed by atoms with Gasteiger partial charge >= 0.3 is 0 Å². The number of rotatable bonds is 7. The summed E-state index contributed by atoms with van der Waals surface area (Å²) >= 11 is 0. The van der Waals surface area contributed by atoms with Crippen molar-refractivity contribution in [1.29, 1.82) is 0 Å². The molecule has 2 atom stereocenters. The van der Waals surface area contributed by atoms with Crippen LogP contribution in [-0.2, 0) is 4.84 Å². The Bertz CT molecular complexity index is 1580. The molecular weight excluding hydrogens is 533 g/mol. The number of benzene rings is 3. The van der Waals surface area contributed by atoms with Crippen molar-refractivity contribution in [2.24, 2.45) is 5.16 Å². The van der Waals surface area contributed by atoms with Crippen LogP contribution in [0.25, 0.3) is 21.9 Å². The van der Waals surface area contributed by atoms with E-state index in [1.807, 2.05) is 19.9 Å². The van der Waals surface area contributed by atoms with E-state index >= 15 is 0 Å². The van der Waals surface area contributed by atoms with Crippen molar-refractivity contribution in [2.75, 3.05) is 26.2 Å². The Morgan fingerprint density at radius 2 is 1.86 bits per heavy atom. The average Bonchev–Trinajstić information content (AvgIpc) is 3.25. The minimum Gasteiger partial charge on any atom is -0.389 e. The standard InChI is InChI=1S/C36H42FN3O.C2H6/c1-8-27(32-17-28-11-9-10-12-30(28)23(4)25(32)6)21-41-39-36(40-16-15-38-20-35(40)22(2)3)19-33-26(7)24(5)31-14-13-29(37)18-34(31)33;1-2/h8-14,17-18,24,35,38H,2,15-16,19-21H2,1,3-7H3;1-2H3/b27-8+,39-36+;. The lowest BCUT2D eigenvalue weighted by Crippen LogP contribution is -2.54. The number of nitrogens with one attached hydrogen (secondary N) is 1. The summed E-state index contributed by atoms with van der Waals surface area (Å²) in [6.45, 7) is 24.0. The zero-order chi connectivity index (χ0) is 31.3. The Balaban J connectivity index is 0.00000207. The van der Waals surface area contributed by atoms with Gasteiger partial charge in [-0.25, -0.2) is 4.39 Å². The van der Waals surface area contributed by atoms with E-state index in [2.05, 4.69) is 94.7 Å². The molecule has 0 aromatic heterocycles. The smallest absolute Gasteiger partial charge is 0.149 e. The molecule has 1 aliphatic carbocycles. The van der Waals surface area contributed by atoms with Crippen molar-refractivity contribution in [2.45, 2.75) is 73.8 Å². The Morgan fingerprint density at radius 1 is 1.12 bits per heavy atom. The first-order valence-electron chi connectivity index (χ1n) is 15.7. The predicted molar refractivity (Wildman–Crippen MR) is 182 cm³/mol. The summed E-state index contributed by atoms with van der Waals surface area (Å²) < 4.78 is 14.4. The summed E-state index contributed by atoms with van der Waals surface area (Å²) in [6, 6.07) is 16.0. The molecule has 0 radical (unpaired) electrons. The number of oxime groups is 1. The summed E-state index contributed by atoms with van der Waals surface area (Å²) in [5.74, 6) is 0.898. The summed E-state index contributed by atoms with van der Waals surface area (Å²) in [7, 11) is 0. The van der Waals surface area contributed by atoms with Gasteiger partial charge < -0.3 is 15.1 Å². The third-order valence-electron chi connectivity index (χ3n) is 9.13. The molecule has 0 saturated carbocycles. The second kappa shape index (κ2) is 14.2. The highest BCUT2D eigenvalue weighted by Gasteiger charge is 2.31. The van der Waals surface area contributed by atoms with Crippen LogP contribution in [0.4, 0.5) is 4.39 Å². The first-order chi connectivity index (χ1) is 20.7. The number of fused-ring (bicyclic) bond motifs is 2. The van der Waals surface area contributed by atoms with Gasteiger partial charge in [-0.3, -0.25) is 0 Å². The number of hydrogen-bond acceptors (Lipinski definition) is 3. The van der Waals surface area contributed by atoms with Crippen LogP contribution >= 0.6 is 0 Å². The number of hydrogen-bond donors (Lipinski definition) is 1. The number of piperazine rings is 1. The van der Waals surface area contributed by atoms with E-state index in [9.17, 15) is 4.39 Å². The van der Waals surface area contributed by atoms with E-state index < -0.39 is 0 Å². The van der Waals surface area contributed by atoms with Gasteiger partial charge in [-0.05, 0) is 103 Å². The zero-order valence-electron chi connectivity index (χ0n) is 27.3. The van der Waals surface area contributed by atoms with Crippen LogP contribution in [0.1, 0.15) is 81.7 Å². The van der Waals surface area contributed by atoms with Gasteiger partial charge in [0.1, 0.15) is 18.3 Å². The van der Waals surface area contributed by atoms with Crippen LogP contribution in [-0.4, -0.2) is 43.0 Å². The van der Waals surface area contributed by atoms with Crippen LogP contribution in [0.2, 0.25) is 0 Å². The minimum absolute atomic E-state index is 0.115. The van der Waals surface area contributed by atoms with E-state index in [1.165, 1.54) is 38.6 Å². The SMILES string of the molecule is C=C(C)C1CNCCN1/C(CC1=C(C)C(C)c2ccc(F)cc21)=N/OC/C(=C\C)c1cc2ccccc2c(C)c1C.CC. The molecule has 4 nitrogen and oxygen atoms in total. The first kappa shape index (κ1) is 32.2. The number of nitrogens with zero attached hydrogens (tertiary/aromatic N) is 2. The van der Waals surface area contributed by atoms with Crippen molar-refractivity contribution in [3.8, 4) is 0 Å². The lowest BCUT2D eigenvalue weighted by Gasteiger charge is -2.38. The molecule has 1 heterocycles. The molecule has 1 N–H and O–H groups in total. The Kier molecular flexibility index (Phi) is 10.6. The summed E-state index contributed by atoms with van der Waals surface area (Å²) in [5.41, 5.74) is 10.5. The molecule has 2 unspecified atom stereocenters. The van der Waals surface area contributed by atoms with Crippen LogP contribution in [0.5, 0.6) is 0 Å². The quantitative estimate of drug-likeness (QED) is 0.131. The topological polar surface area (TPSA) is 36.9 Å². The number of amidine groups is 1. The molecule has 1 aliphatic heterocycles. The van der Waals surface area contributed by atoms with E-state index in [4.69, 9.17) is 9.99 Å². The minimum atomic E-state index is -0.210. The highest BCUT2D eigenvalue weighted by molar-refractivity contribution is 5.96. The number of halogens is 1. The maximum atomic E-state index is 14.4. The van der Waals surface area contributed by atoms with E-state index in [0.717, 1.165) is 47.8 Å². The van der Waals surface area contributed by atoms with Crippen molar-refractivity contribution in [1.82, 2.24) is 10.2 Å². The molecule has 3 aromatic carbocycles. The molecule has 1 fully saturated rings. The zero-order valence-corrected chi connectivity index (χ0v) is 27.3. The first-order valence-corrected chi connectivity index (χ1v) is 15.7. The molecule has 228 valence electrons. The Labute approximate surface area is 258 Å². The monoisotopic (exact) mass is 581 g/mol. The average molecular weight is 582 g/mol. The molecule has 0 spiro atoms. The summed E-state index contributed by atoms with van der Waals surface area (Å²) in [5, 5.41) is 10.8. The summed E-state index contributed by atoms with van der Waals surface area (Å²) in [6.07, 6.45) is 2.70. The largest absolute Gasteiger partial charge is 0.389 e. The van der Waals surface area contributed by atoms with Crippen molar-refractivity contribution >= 4 is 27.8 Å². The second-order valence-corrected chi connectivity index (χ2v) is 11.5. The van der Waals surface area contributed by atoms with Crippen molar-refractivity contribution < 1.29 is 9.23 Å². The fourth-order valence-electron chi connectivity index (χ4n) is 6.37. The van der Waals surface area contributed by atoms with Crippen molar-refractivity contribution in [3.63, 3.8) is 0 Å². The summed E-state index contributed by atoms with van der Waals surface area (Å²) in [4.78, 5) is 8.53. The fourth-order valence-corrected chi connectivity index (χ4v) is 6.37. The molecule has 2 aliphatic rings. The maximum absolute atomic E-state index is 14.4. The molecule has 5 rings (SSSR count). The van der Waals surface area contributed by atoms with Crippen LogP contribution < -0.4 is 5.32 Å². The van der Waals surface area contributed by atoms with Crippen LogP contribution in [0.15, 0.2) is 77.5 Å². The molecule has 0 amide bonds. The normalized spacial score (nSPS) is 18.9. The third-order valence-corrected chi connectivity index (χ3v) is 9.13. The van der Waals surface area contributed by atoms with E-state index in [1.54, 1.807) is 12.1 Å². The van der Waals surface area contributed by atoms with E-state index in [0.29, 0.717) is 13.0 Å². The van der Waals surface area contributed by atoms with E-state index in [-0.39, 0.29) is 17.8 Å². The highest BCUT2D eigenvalue weighted by atomic mass is 19.1. The predicted octanol–water partition coefficient (Wildman–Crippen LogP) is 9.19. The van der Waals surface area contributed by atoms with Gasteiger partial charge in [0.05, 0.1) is 6.04 Å². The van der Waals surface area contributed by atoms with Gasteiger partial charge in [-0.2, -0.15) is 0 Å². The molecule has 43 heavy (non-hydrogen) atoms. The number of allylic oxidation sites excluding steroid dienone is 2. The molecular formula is C38H48FN3O. The van der Waals surface area contributed by atoms with Gasteiger partial charge in [-0.1, -0.05) is 80.1 Å². The lowest BCUT2D eigenvalue weighted by molar-refractivity contribution is 0.167. The second-order valence-electron chi connectivity index (χ2n) is 11.5. The van der Waals surface area contributed by atoms with Gasteiger partial charge in [0.2, 0.25) is 0 Å². The lowest BCUT2D eigenvalue weighted by atomic mass is 9.92. The van der Waals surface area contributed by atoms with Crippen LogP contribution in [0.3, 0.4) is 0 Å². The van der Waals surface area contributed by atoms with Gasteiger partial charge in [-0.15, -0.1) is 0 Å².